The molecule has 0 amide bonds. The third-order valence-corrected chi connectivity index (χ3v) is 5.71. The fourth-order valence-electron chi connectivity index (χ4n) is 2.44. The van der Waals surface area contributed by atoms with Crippen LogP contribution in [0.1, 0.15) is 90.9 Å². The first-order valence-electron chi connectivity index (χ1n) is 8.41. The van der Waals surface area contributed by atoms with Gasteiger partial charge in [-0.3, -0.25) is 0 Å². The van der Waals surface area contributed by atoms with Crippen molar-refractivity contribution in [1.29, 1.82) is 0 Å². The first kappa shape index (κ1) is 17.2. The van der Waals surface area contributed by atoms with Gasteiger partial charge in [-0.05, 0) is 0 Å². The molecule has 0 rings (SSSR count). The van der Waals surface area contributed by atoms with E-state index in [1.807, 2.05) is 0 Å². The van der Waals surface area contributed by atoms with Crippen LogP contribution in [-0.4, -0.2) is 9.52 Å². The summed E-state index contributed by atoms with van der Waals surface area (Å²) in [5.41, 5.74) is 0. The molecule has 104 valence electrons. The molecular weight excluding hydrogens is 220 g/mol. The molecule has 0 saturated heterocycles. The van der Waals surface area contributed by atoms with E-state index >= 15 is 0 Å². The van der Waals surface area contributed by atoms with Crippen molar-refractivity contribution in [2.45, 2.75) is 103 Å². The molecule has 0 saturated carbocycles. The quantitative estimate of drug-likeness (QED) is 0.276. The Morgan fingerprint density at radius 3 is 1.29 bits per heavy atom. The molecule has 17 heavy (non-hydrogen) atoms. The van der Waals surface area contributed by atoms with Gasteiger partial charge >= 0.3 is 0 Å². The molecule has 0 heterocycles. The normalized spacial score (nSPS) is 11.6. The highest BCUT2D eigenvalue weighted by molar-refractivity contribution is 6.35. The van der Waals surface area contributed by atoms with E-state index in [1.165, 1.54) is 70.6 Å². The van der Waals surface area contributed by atoms with Crippen molar-refractivity contribution in [3.63, 3.8) is 0 Å². The average Bonchev–Trinajstić information content (AvgIpc) is 2.35. The van der Waals surface area contributed by atoms with Gasteiger partial charge in [-0.2, -0.15) is 0 Å². The molecule has 0 aliphatic carbocycles. The highest BCUT2D eigenvalue weighted by Gasteiger charge is 1.93. The summed E-state index contributed by atoms with van der Waals surface area (Å²) in [6, 6.07) is 3.25. The molecule has 0 aromatic carbocycles. The van der Waals surface area contributed by atoms with Crippen molar-refractivity contribution in [2.75, 3.05) is 0 Å². The van der Waals surface area contributed by atoms with Gasteiger partial charge in [-0.15, -0.1) is 0 Å². The molecule has 0 N–H and O–H groups in total. The summed E-state index contributed by atoms with van der Waals surface area (Å²) in [5, 5.41) is 0. The van der Waals surface area contributed by atoms with Gasteiger partial charge in [0.2, 0.25) is 0 Å². The van der Waals surface area contributed by atoms with Gasteiger partial charge < -0.3 is 0 Å². The maximum absolute atomic E-state index is 2.30. The van der Waals surface area contributed by atoms with Crippen LogP contribution in [0.15, 0.2) is 0 Å². The summed E-state index contributed by atoms with van der Waals surface area (Å²) in [7, 11) is 0.336. The smallest absolute Gasteiger partial charge is 0.0197 e. The van der Waals surface area contributed by atoms with Gasteiger partial charge in [0.15, 0.2) is 0 Å². The molecule has 0 atom stereocenters. The first-order valence-corrected chi connectivity index (χ1v) is 10.4. The summed E-state index contributed by atoms with van der Waals surface area (Å²) in [4.78, 5) is 0. The summed E-state index contributed by atoms with van der Waals surface area (Å²) < 4.78 is 0. The Morgan fingerprint density at radius 1 is 0.471 bits per heavy atom. The minimum atomic E-state index is 0.336. The van der Waals surface area contributed by atoms with E-state index in [0.717, 1.165) is 0 Å². The molecule has 0 aromatic heterocycles. The molecule has 0 unspecified atom stereocenters. The van der Waals surface area contributed by atoms with Gasteiger partial charge in [0.25, 0.3) is 0 Å². The number of hydrogen-bond acceptors (Lipinski definition) is 0. The van der Waals surface area contributed by atoms with Crippen LogP contribution in [0.2, 0.25) is 12.1 Å². The molecule has 0 spiro atoms. The Balaban J connectivity index is 2.85. The molecule has 0 aliphatic heterocycles. The van der Waals surface area contributed by atoms with Crippen LogP contribution in [0.5, 0.6) is 0 Å². The number of rotatable bonds is 14. The summed E-state index contributed by atoms with van der Waals surface area (Å²) >= 11 is 0. The Bertz CT molecular complexity index is 109. The highest BCUT2D eigenvalue weighted by atomic mass is 28.2. The fraction of sp³-hybridized carbons (Fsp3) is 1.00. The van der Waals surface area contributed by atoms with E-state index in [1.54, 1.807) is 18.5 Å². The van der Waals surface area contributed by atoms with Gasteiger partial charge in [0.05, 0.1) is 0 Å². The Hall–Kier alpha value is 0.217. The predicted molar refractivity (Wildman–Crippen MR) is 84.9 cm³/mol. The second-order valence-electron chi connectivity index (χ2n) is 5.60. The van der Waals surface area contributed by atoms with Gasteiger partial charge in [0, 0.05) is 9.52 Å². The maximum Gasteiger partial charge on any atom is 0.0197 e. The fourth-order valence-corrected chi connectivity index (χ4v) is 4.21. The first-order chi connectivity index (χ1) is 8.41. The van der Waals surface area contributed by atoms with E-state index in [2.05, 4.69) is 13.8 Å². The Labute approximate surface area is 113 Å². The standard InChI is InChI=1S/C16H36Si/c1-3-5-7-9-10-11-12-14-16-17-15-13-8-6-4-2/h3-17H2,1-2H3. The topological polar surface area (TPSA) is 0 Å². The van der Waals surface area contributed by atoms with E-state index < -0.39 is 0 Å². The van der Waals surface area contributed by atoms with Crippen LogP contribution >= 0.6 is 0 Å². The molecule has 0 aliphatic rings. The SMILES string of the molecule is CCCCCCCCCC[SiH2]CCCCCC. The zero-order valence-electron chi connectivity index (χ0n) is 12.6. The van der Waals surface area contributed by atoms with Crippen molar-refractivity contribution in [2.24, 2.45) is 0 Å². The molecular formula is C16H36Si. The third-order valence-electron chi connectivity index (χ3n) is 3.71. The Morgan fingerprint density at radius 2 is 0.824 bits per heavy atom. The molecule has 1 heteroatoms. The second kappa shape index (κ2) is 16.2. The van der Waals surface area contributed by atoms with Crippen LogP contribution in [-0.2, 0) is 0 Å². The molecule has 0 fully saturated rings. The van der Waals surface area contributed by atoms with E-state index in [9.17, 15) is 0 Å². The van der Waals surface area contributed by atoms with Crippen molar-refractivity contribution in [3.8, 4) is 0 Å². The Kier molecular flexibility index (Phi) is 16.4. The zero-order valence-corrected chi connectivity index (χ0v) is 14.0. The lowest BCUT2D eigenvalue weighted by molar-refractivity contribution is 0.584. The lowest BCUT2D eigenvalue weighted by Crippen LogP contribution is -1.90. The highest BCUT2D eigenvalue weighted by Crippen LogP contribution is 2.10. The summed E-state index contributed by atoms with van der Waals surface area (Å²) in [6.45, 7) is 4.60. The van der Waals surface area contributed by atoms with Crippen LogP contribution in [0, 0.1) is 0 Å². The third kappa shape index (κ3) is 16.2. The predicted octanol–water partition coefficient (Wildman–Crippen LogP) is 5.71. The van der Waals surface area contributed by atoms with E-state index in [-0.39, 0.29) is 0 Å². The number of hydrogen-bond donors (Lipinski definition) is 0. The molecule has 0 aromatic rings. The van der Waals surface area contributed by atoms with Crippen molar-refractivity contribution < 1.29 is 0 Å². The van der Waals surface area contributed by atoms with Crippen molar-refractivity contribution in [3.05, 3.63) is 0 Å². The van der Waals surface area contributed by atoms with Crippen LogP contribution in [0.3, 0.4) is 0 Å². The molecule has 0 bridgehead atoms. The van der Waals surface area contributed by atoms with Gasteiger partial charge in [0.1, 0.15) is 0 Å². The average molecular weight is 257 g/mol. The number of unbranched alkanes of at least 4 members (excludes halogenated alkanes) is 10. The van der Waals surface area contributed by atoms with Crippen LogP contribution in [0.25, 0.3) is 0 Å². The van der Waals surface area contributed by atoms with Gasteiger partial charge in [-0.1, -0.05) is 103 Å². The molecule has 0 nitrogen and oxygen atoms in total. The lowest BCUT2D eigenvalue weighted by Gasteiger charge is -2.02. The summed E-state index contributed by atoms with van der Waals surface area (Å²) in [5.74, 6) is 0. The maximum atomic E-state index is 2.30. The monoisotopic (exact) mass is 256 g/mol. The summed E-state index contributed by atoms with van der Waals surface area (Å²) in [6.07, 6.45) is 17.8. The largest absolute Gasteiger partial charge is 0.0654 e. The zero-order chi connectivity index (χ0) is 12.6. The minimum absolute atomic E-state index is 0.336. The van der Waals surface area contributed by atoms with Gasteiger partial charge in [-0.25, -0.2) is 0 Å². The lowest BCUT2D eigenvalue weighted by atomic mass is 10.1. The minimum Gasteiger partial charge on any atom is -0.0654 e. The van der Waals surface area contributed by atoms with E-state index in [0.29, 0.717) is 9.52 Å². The molecule has 0 radical (unpaired) electrons. The van der Waals surface area contributed by atoms with Crippen LogP contribution < -0.4 is 0 Å². The second-order valence-corrected chi connectivity index (χ2v) is 7.72. The van der Waals surface area contributed by atoms with Crippen LogP contribution in [0.4, 0.5) is 0 Å². The van der Waals surface area contributed by atoms with Crippen molar-refractivity contribution >= 4 is 9.52 Å². The van der Waals surface area contributed by atoms with E-state index in [4.69, 9.17) is 0 Å². The van der Waals surface area contributed by atoms with Crippen molar-refractivity contribution in [1.82, 2.24) is 0 Å².